The normalized spacial score (nSPS) is 40.5. The molecule has 0 unspecified atom stereocenters. The van der Waals surface area contributed by atoms with Crippen molar-refractivity contribution >= 4 is 17.8 Å². The molecule has 7 heteroatoms. The molecule has 7 nitrogen and oxygen atoms in total. The first-order valence-electron chi connectivity index (χ1n) is 14.0. The van der Waals surface area contributed by atoms with Crippen LogP contribution in [0.3, 0.4) is 0 Å². The molecule has 0 radical (unpaired) electrons. The highest BCUT2D eigenvalue weighted by atomic mass is 16.6. The van der Waals surface area contributed by atoms with Crippen molar-refractivity contribution in [3.63, 3.8) is 0 Å². The lowest BCUT2D eigenvalue weighted by Crippen LogP contribution is -2.63. The second-order valence-electron chi connectivity index (χ2n) is 12.7. The van der Waals surface area contributed by atoms with Crippen LogP contribution in [0.5, 0.6) is 5.75 Å². The van der Waals surface area contributed by atoms with E-state index in [0.717, 1.165) is 24.8 Å². The Balaban J connectivity index is 1.52. The summed E-state index contributed by atoms with van der Waals surface area (Å²) < 4.78 is 11.6. The van der Waals surface area contributed by atoms with Crippen LogP contribution in [0, 0.1) is 34.0 Å². The number of imide groups is 1. The van der Waals surface area contributed by atoms with Gasteiger partial charge in [0.15, 0.2) is 0 Å². The van der Waals surface area contributed by atoms with Crippen molar-refractivity contribution in [1.29, 1.82) is 0 Å². The topological polar surface area (TPSA) is 93.1 Å². The second-order valence-corrected chi connectivity index (χ2v) is 12.7. The molecule has 2 amide bonds. The van der Waals surface area contributed by atoms with Crippen LogP contribution in [0.1, 0.15) is 75.7 Å². The number of amides is 2. The number of fused-ring (bicyclic) bond motifs is 1. The molecule has 0 spiro atoms. The molecule has 4 aliphatic rings. The van der Waals surface area contributed by atoms with Crippen LogP contribution in [-0.2, 0) is 16.0 Å². The number of ketones is 1. The Morgan fingerprint density at radius 1 is 1.18 bits per heavy atom. The molecule has 1 aromatic carbocycles. The van der Waals surface area contributed by atoms with E-state index in [0.29, 0.717) is 30.6 Å². The highest BCUT2D eigenvalue weighted by Crippen LogP contribution is 2.68. The number of carbonyl (C=O) groups is 3. The van der Waals surface area contributed by atoms with Gasteiger partial charge in [0.2, 0.25) is 0 Å². The molecular weight excluding hydrogens is 482 g/mol. The van der Waals surface area contributed by atoms with Crippen LogP contribution in [0.4, 0.5) is 4.79 Å². The maximum Gasteiger partial charge on any atom is 0.417 e. The number of nitrogens with zero attached hydrogens (tertiary/aromatic N) is 1. The first kappa shape index (κ1) is 26.9. The van der Waals surface area contributed by atoms with Crippen LogP contribution in [-0.4, -0.2) is 53.7 Å². The fourth-order valence-corrected chi connectivity index (χ4v) is 8.45. The van der Waals surface area contributed by atoms with Gasteiger partial charge in [0.25, 0.3) is 5.91 Å². The van der Waals surface area contributed by atoms with Gasteiger partial charge < -0.3 is 14.6 Å². The van der Waals surface area contributed by atoms with Crippen molar-refractivity contribution < 1.29 is 29.0 Å². The molecule has 38 heavy (non-hydrogen) atoms. The van der Waals surface area contributed by atoms with Crippen LogP contribution >= 0.6 is 0 Å². The molecule has 3 saturated carbocycles. The number of methoxy groups -OCH3 is 1. The summed E-state index contributed by atoms with van der Waals surface area (Å²) in [6.07, 6.45) is 3.55. The molecule has 1 aliphatic heterocycles. The smallest absolute Gasteiger partial charge is 0.417 e. The van der Waals surface area contributed by atoms with Crippen LogP contribution in [0.15, 0.2) is 30.9 Å². The number of benzene rings is 1. The Hall–Kier alpha value is -2.67. The summed E-state index contributed by atoms with van der Waals surface area (Å²) in [4.78, 5) is 41.8. The average molecular weight is 524 g/mol. The van der Waals surface area contributed by atoms with E-state index in [1.165, 1.54) is 4.90 Å². The molecule has 2 bridgehead atoms. The van der Waals surface area contributed by atoms with Gasteiger partial charge >= 0.3 is 6.09 Å². The van der Waals surface area contributed by atoms with Gasteiger partial charge in [0, 0.05) is 35.3 Å². The van der Waals surface area contributed by atoms with E-state index in [1.54, 1.807) is 25.3 Å². The minimum atomic E-state index is -0.731. The standard InChI is InChI=1S/C31H41NO6/c1-7-29(4)17-24(38-28(36)32-15-12-20-16-21(37-6)8-9-22(20)27(32)35)30(5)18(2)10-13-31(19(3)26(29)34)14-11-23(33)25(30)31/h7-9,16,18-19,24-26,34H,1,10-15,17H2,2-6H3/t18-,19+,24-,25+,26+,29-,30+,31+/m1/s1. The zero-order chi connectivity index (χ0) is 27.6. The quantitative estimate of drug-likeness (QED) is 0.548. The number of hydrogen-bond donors (Lipinski definition) is 1. The van der Waals surface area contributed by atoms with E-state index in [9.17, 15) is 19.5 Å². The van der Waals surface area contributed by atoms with Gasteiger partial charge in [0.05, 0.1) is 13.2 Å². The van der Waals surface area contributed by atoms with Gasteiger partial charge in [-0.15, -0.1) is 6.58 Å². The summed E-state index contributed by atoms with van der Waals surface area (Å²) >= 11 is 0. The third-order valence-corrected chi connectivity index (χ3v) is 11.2. The molecule has 5 rings (SSSR count). The molecule has 1 heterocycles. The van der Waals surface area contributed by atoms with Crippen molar-refractivity contribution in [2.75, 3.05) is 13.7 Å². The van der Waals surface area contributed by atoms with Crippen molar-refractivity contribution in [2.45, 2.75) is 78.4 Å². The van der Waals surface area contributed by atoms with Gasteiger partial charge in [-0.25, -0.2) is 9.69 Å². The summed E-state index contributed by atoms with van der Waals surface area (Å²) in [5, 5.41) is 11.7. The van der Waals surface area contributed by atoms with E-state index in [-0.39, 0.29) is 35.5 Å². The number of carbonyl (C=O) groups excluding carboxylic acids is 3. The Labute approximate surface area is 225 Å². The lowest BCUT2D eigenvalue weighted by molar-refractivity contribution is -0.192. The molecule has 8 atom stereocenters. The largest absolute Gasteiger partial charge is 0.497 e. The molecule has 0 saturated heterocycles. The van der Waals surface area contributed by atoms with Crippen LogP contribution in [0.2, 0.25) is 0 Å². The first-order valence-corrected chi connectivity index (χ1v) is 14.0. The molecular formula is C31H41NO6. The number of hydrogen-bond acceptors (Lipinski definition) is 6. The Morgan fingerprint density at radius 2 is 1.92 bits per heavy atom. The van der Waals surface area contributed by atoms with Crippen LogP contribution in [0.25, 0.3) is 0 Å². The minimum absolute atomic E-state index is 0.0948. The summed E-state index contributed by atoms with van der Waals surface area (Å²) in [6, 6.07) is 5.24. The number of Topliss-reactive ketones (excluding diaryl/α,β-unsaturated/α-hetero) is 1. The van der Waals surface area contributed by atoms with Crippen LogP contribution < -0.4 is 4.74 Å². The van der Waals surface area contributed by atoms with Gasteiger partial charge in [0.1, 0.15) is 17.6 Å². The summed E-state index contributed by atoms with van der Waals surface area (Å²) in [5.74, 6) is 0.212. The second kappa shape index (κ2) is 9.22. The van der Waals surface area contributed by atoms with Gasteiger partial charge in [-0.1, -0.05) is 33.8 Å². The molecule has 3 aliphatic carbocycles. The zero-order valence-corrected chi connectivity index (χ0v) is 23.3. The maximum absolute atomic E-state index is 13.7. The SMILES string of the molecule is C=C[C@]1(C)C[C@@H](OC(=O)N2CCc3cc(OC)ccc3C2=O)[C@]2(C)[C@H](C)CC[C@]3(CCC(=O)[C@H]32)[C@@H](C)[C@@H]1O. The molecule has 1 N–H and O–H groups in total. The Kier molecular flexibility index (Phi) is 6.53. The predicted octanol–water partition coefficient (Wildman–Crippen LogP) is 5.19. The minimum Gasteiger partial charge on any atom is -0.497 e. The lowest BCUT2D eigenvalue weighted by Gasteiger charge is -2.61. The van der Waals surface area contributed by atoms with Gasteiger partial charge in [-0.05, 0) is 73.1 Å². The van der Waals surface area contributed by atoms with Gasteiger partial charge in [-0.3, -0.25) is 9.59 Å². The van der Waals surface area contributed by atoms with E-state index in [4.69, 9.17) is 9.47 Å². The first-order chi connectivity index (χ1) is 17.9. The van der Waals surface area contributed by atoms with E-state index in [2.05, 4.69) is 27.4 Å². The number of ether oxygens (including phenoxy) is 2. The fourth-order valence-electron chi connectivity index (χ4n) is 8.45. The zero-order valence-electron chi connectivity index (χ0n) is 23.3. The Bertz CT molecular complexity index is 1180. The average Bonchev–Trinajstić information content (AvgIpc) is 3.26. The van der Waals surface area contributed by atoms with Crippen molar-refractivity contribution in [2.24, 2.45) is 34.0 Å². The predicted molar refractivity (Wildman–Crippen MR) is 143 cm³/mol. The van der Waals surface area contributed by atoms with Crippen molar-refractivity contribution in [3.05, 3.63) is 42.0 Å². The summed E-state index contributed by atoms with van der Waals surface area (Å²) in [5.41, 5.74) is -0.374. The number of rotatable bonds is 3. The van der Waals surface area contributed by atoms with E-state index >= 15 is 0 Å². The third kappa shape index (κ3) is 3.68. The fraction of sp³-hybridized carbons (Fsp3) is 0.645. The number of aliphatic hydroxyl groups excluding tert-OH is 1. The molecule has 0 aromatic heterocycles. The van der Waals surface area contributed by atoms with E-state index < -0.39 is 35.0 Å². The molecule has 1 aromatic rings. The lowest BCUT2D eigenvalue weighted by atomic mass is 9.44. The third-order valence-electron chi connectivity index (χ3n) is 11.2. The Morgan fingerprint density at radius 3 is 2.61 bits per heavy atom. The molecule has 206 valence electrons. The van der Waals surface area contributed by atoms with Gasteiger partial charge in [-0.2, -0.15) is 0 Å². The maximum atomic E-state index is 13.7. The highest BCUT2D eigenvalue weighted by Gasteiger charge is 2.68. The monoisotopic (exact) mass is 523 g/mol. The van der Waals surface area contributed by atoms with Crippen molar-refractivity contribution in [3.8, 4) is 5.75 Å². The molecule has 3 fully saturated rings. The highest BCUT2D eigenvalue weighted by molar-refractivity contribution is 6.05. The summed E-state index contributed by atoms with van der Waals surface area (Å²) in [6.45, 7) is 12.6. The number of aliphatic hydroxyl groups is 1. The summed E-state index contributed by atoms with van der Waals surface area (Å²) in [7, 11) is 1.58. The van der Waals surface area contributed by atoms with Crippen molar-refractivity contribution in [1.82, 2.24) is 4.90 Å². The van der Waals surface area contributed by atoms with E-state index in [1.807, 2.05) is 13.0 Å².